The minimum absolute atomic E-state index is 0.0744. The summed E-state index contributed by atoms with van der Waals surface area (Å²) in [5, 5.41) is 5.50. The van der Waals surface area contributed by atoms with Crippen molar-refractivity contribution in [3.8, 4) is 5.75 Å². The molecular formula is C26H25FN4O3. The van der Waals surface area contributed by atoms with E-state index in [4.69, 9.17) is 4.74 Å². The van der Waals surface area contributed by atoms with E-state index in [2.05, 4.69) is 15.6 Å². The number of hydrogen-bond donors (Lipinski definition) is 2. The summed E-state index contributed by atoms with van der Waals surface area (Å²) in [6.45, 7) is 2.72. The van der Waals surface area contributed by atoms with Crippen LogP contribution < -0.4 is 15.4 Å². The first-order valence-electron chi connectivity index (χ1n) is 10.9. The Kier molecular flexibility index (Phi) is 7.17. The molecule has 8 heteroatoms. The van der Waals surface area contributed by atoms with Crippen LogP contribution in [-0.2, 0) is 17.8 Å². The highest BCUT2D eigenvalue weighted by Crippen LogP contribution is 2.20. The summed E-state index contributed by atoms with van der Waals surface area (Å²) < 4.78 is 21.1. The lowest BCUT2D eigenvalue weighted by Crippen LogP contribution is -2.35. The van der Waals surface area contributed by atoms with E-state index >= 15 is 0 Å². The molecule has 0 aliphatic heterocycles. The van der Waals surface area contributed by atoms with Crippen molar-refractivity contribution in [2.24, 2.45) is 0 Å². The first-order chi connectivity index (χ1) is 16.5. The molecule has 0 unspecified atom stereocenters. The predicted octanol–water partition coefficient (Wildman–Crippen LogP) is 3.45. The van der Waals surface area contributed by atoms with Gasteiger partial charge in [-0.1, -0.05) is 30.3 Å². The van der Waals surface area contributed by atoms with Crippen molar-refractivity contribution in [2.45, 2.75) is 20.0 Å². The number of nitrogens with one attached hydrogen (secondary N) is 2. The van der Waals surface area contributed by atoms with Gasteiger partial charge in [-0.25, -0.2) is 9.37 Å². The molecule has 0 bridgehead atoms. The van der Waals surface area contributed by atoms with Gasteiger partial charge in [-0.2, -0.15) is 0 Å². The van der Waals surface area contributed by atoms with Crippen LogP contribution in [0.3, 0.4) is 0 Å². The second-order valence-electron chi connectivity index (χ2n) is 7.85. The number of amides is 2. The van der Waals surface area contributed by atoms with Crippen LogP contribution in [0.1, 0.15) is 27.2 Å². The number of benzene rings is 2. The first-order valence-corrected chi connectivity index (χ1v) is 10.9. The molecule has 0 radical (unpaired) electrons. The Morgan fingerprint density at radius 1 is 1.03 bits per heavy atom. The maximum absolute atomic E-state index is 13.2. The van der Waals surface area contributed by atoms with E-state index in [0.717, 1.165) is 16.9 Å². The van der Waals surface area contributed by atoms with Crippen molar-refractivity contribution in [3.63, 3.8) is 0 Å². The van der Waals surface area contributed by atoms with Crippen molar-refractivity contribution < 1.29 is 18.7 Å². The molecule has 2 aromatic heterocycles. The number of aryl methyl sites for hydroxylation is 1. The summed E-state index contributed by atoms with van der Waals surface area (Å²) in [5.41, 5.74) is 3.68. The Balaban J connectivity index is 1.28. The van der Waals surface area contributed by atoms with Gasteiger partial charge in [-0.05, 0) is 48.4 Å². The van der Waals surface area contributed by atoms with Gasteiger partial charge in [0, 0.05) is 25.5 Å². The number of para-hydroxylation sites is 1. The minimum atomic E-state index is -0.380. The minimum Gasteiger partial charge on any atom is -0.486 e. The molecule has 0 atom stereocenters. The fourth-order valence-electron chi connectivity index (χ4n) is 3.57. The Hall–Kier alpha value is -4.20. The molecule has 4 aromatic rings. The van der Waals surface area contributed by atoms with Gasteiger partial charge in [0.25, 0.3) is 5.91 Å². The lowest BCUT2D eigenvalue weighted by Gasteiger charge is -2.11. The van der Waals surface area contributed by atoms with Crippen LogP contribution in [0.2, 0.25) is 0 Å². The number of hydrogen-bond acceptors (Lipinski definition) is 4. The Morgan fingerprint density at radius 3 is 2.68 bits per heavy atom. The topological polar surface area (TPSA) is 84.7 Å². The van der Waals surface area contributed by atoms with Crippen LogP contribution in [-0.4, -0.2) is 34.3 Å². The molecule has 0 fully saturated rings. The van der Waals surface area contributed by atoms with Gasteiger partial charge in [-0.15, -0.1) is 0 Å². The average Bonchev–Trinajstić information content (AvgIpc) is 3.25. The van der Waals surface area contributed by atoms with Gasteiger partial charge in [0.05, 0.1) is 17.7 Å². The van der Waals surface area contributed by atoms with E-state index in [-0.39, 0.29) is 43.7 Å². The SMILES string of the molecule is Cc1cccn2cc(COc3ccccc3C(=O)NCCNC(=O)Cc3cccc(F)c3)nc12. The molecule has 0 saturated heterocycles. The largest absolute Gasteiger partial charge is 0.486 e. The van der Waals surface area contributed by atoms with Gasteiger partial charge in [-0.3, -0.25) is 9.59 Å². The summed E-state index contributed by atoms with van der Waals surface area (Å²) >= 11 is 0. The van der Waals surface area contributed by atoms with E-state index in [0.29, 0.717) is 16.9 Å². The number of pyridine rings is 1. The number of rotatable bonds is 9. The number of fused-ring (bicyclic) bond motifs is 1. The maximum atomic E-state index is 13.2. The molecule has 4 rings (SSSR count). The highest BCUT2D eigenvalue weighted by atomic mass is 19.1. The molecule has 2 amide bonds. The van der Waals surface area contributed by atoms with E-state index in [9.17, 15) is 14.0 Å². The van der Waals surface area contributed by atoms with Crippen molar-refractivity contribution in [3.05, 3.63) is 101 Å². The van der Waals surface area contributed by atoms with E-state index in [1.54, 1.807) is 36.4 Å². The highest BCUT2D eigenvalue weighted by Gasteiger charge is 2.13. The Labute approximate surface area is 196 Å². The second-order valence-corrected chi connectivity index (χ2v) is 7.85. The monoisotopic (exact) mass is 460 g/mol. The number of aromatic nitrogens is 2. The first kappa shape index (κ1) is 23.0. The number of carbonyl (C=O) groups is 2. The summed E-state index contributed by atoms with van der Waals surface area (Å²) in [7, 11) is 0. The third kappa shape index (κ3) is 5.78. The summed E-state index contributed by atoms with van der Waals surface area (Å²) in [5.74, 6) is -0.481. The lowest BCUT2D eigenvalue weighted by atomic mass is 10.1. The smallest absolute Gasteiger partial charge is 0.255 e. The summed E-state index contributed by atoms with van der Waals surface area (Å²) in [4.78, 5) is 29.3. The summed E-state index contributed by atoms with van der Waals surface area (Å²) in [6, 6.07) is 16.8. The van der Waals surface area contributed by atoms with Gasteiger partial charge in [0.1, 0.15) is 23.8 Å². The zero-order valence-corrected chi connectivity index (χ0v) is 18.8. The van der Waals surface area contributed by atoms with Gasteiger partial charge >= 0.3 is 0 Å². The quantitative estimate of drug-likeness (QED) is 0.375. The number of ether oxygens (including phenoxy) is 1. The zero-order valence-electron chi connectivity index (χ0n) is 18.8. The van der Waals surface area contributed by atoms with Gasteiger partial charge in [0.15, 0.2) is 0 Å². The van der Waals surface area contributed by atoms with Crippen molar-refractivity contribution in [2.75, 3.05) is 13.1 Å². The number of imidazole rings is 1. The molecule has 0 spiro atoms. The zero-order chi connectivity index (χ0) is 23.9. The van der Waals surface area contributed by atoms with Gasteiger partial charge < -0.3 is 19.8 Å². The Bertz CT molecular complexity index is 1320. The van der Waals surface area contributed by atoms with Crippen LogP contribution in [0.15, 0.2) is 73.1 Å². The second kappa shape index (κ2) is 10.6. The van der Waals surface area contributed by atoms with Gasteiger partial charge in [0.2, 0.25) is 5.91 Å². The number of halogens is 1. The molecule has 174 valence electrons. The van der Waals surface area contributed by atoms with Crippen molar-refractivity contribution >= 4 is 17.5 Å². The van der Waals surface area contributed by atoms with Crippen LogP contribution in [0.5, 0.6) is 5.75 Å². The third-order valence-electron chi connectivity index (χ3n) is 5.22. The number of carbonyl (C=O) groups excluding carboxylic acids is 2. The molecule has 0 saturated carbocycles. The summed E-state index contributed by atoms with van der Waals surface area (Å²) in [6.07, 6.45) is 3.90. The molecule has 2 heterocycles. The highest BCUT2D eigenvalue weighted by molar-refractivity contribution is 5.96. The molecular weight excluding hydrogens is 435 g/mol. The normalized spacial score (nSPS) is 10.8. The number of nitrogens with zero attached hydrogens (tertiary/aromatic N) is 2. The van der Waals surface area contributed by atoms with Crippen LogP contribution >= 0.6 is 0 Å². The molecule has 0 aliphatic carbocycles. The third-order valence-corrected chi connectivity index (χ3v) is 5.22. The average molecular weight is 461 g/mol. The fraction of sp³-hybridized carbons (Fsp3) is 0.192. The predicted molar refractivity (Wildman–Crippen MR) is 126 cm³/mol. The lowest BCUT2D eigenvalue weighted by molar-refractivity contribution is -0.120. The van der Waals surface area contributed by atoms with Crippen molar-refractivity contribution in [1.82, 2.24) is 20.0 Å². The molecule has 7 nitrogen and oxygen atoms in total. The molecule has 0 aliphatic rings. The van der Waals surface area contributed by atoms with Crippen LogP contribution in [0.25, 0.3) is 5.65 Å². The molecule has 2 N–H and O–H groups in total. The molecule has 2 aromatic carbocycles. The Morgan fingerprint density at radius 2 is 1.85 bits per heavy atom. The van der Waals surface area contributed by atoms with E-state index in [1.807, 2.05) is 35.9 Å². The fourth-order valence-corrected chi connectivity index (χ4v) is 3.57. The van der Waals surface area contributed by atoms with Crippen LogP contribution in [0.4, 0.5) is 4.39 Å². The van der Waals surface area contributed by atoms with Crippen LogP contribution in [0, 0.1) is 12.7 Å². The maximum Gasteiger partial charge on any atom is 0.255 e. The standard InChI is InChI=1S/C26H25FN4O3/c1-18-6-5-13-31-16-21(30-25(18)31)17-34-23-10-3-2-9-22(23)26(33)29-12-11-28-24(32)15-19-7-4-8-20(27)14-19/h2-10,13-14,16H,11-12,15,17H2,1H3,(H,28,32)(H,29,33). The van der Waals surface area contributed by atoms with E-state index in [1.165, 1.54) is 12.1 Å². The van der Waals surface area contributed by atoms with E-state index < -0.39 is 0 Å². The molecule has 34 heavy (non-hydrogen) atoms. The van der Waals surface area contributed by atoms with Crippen molar-refractivity contribution in [1.29, 1.82) is 0 Å².